The fourth-order valence-corrected chi connectivity index (χ4v) is 0.991. The average molecular weight is 174 g/mol. The summed E-state index contributed by atoms with van der Waals surface area (Å²) >= 11 is 0. The van der Waals surface area contributed by atoms with Crippen LogP contribution in [0.2, 0.25) is 0 Å². The summed E-state index contributed by atoms with van der Waals surface area (Å²) in [5.41, 5.74) is 2.21. The summed E-state index contributed by atoms with van der Waals surface area (Å²) in [6, 6.07) is 7.88. The van der Waals surface area contributed by atoms with Gasteiger partial charge in [-0.25, -0.2) is 0 Å². The average Bonchev–Trinajstić information content (AvgIpc) is 2.15. The first kappa shape index (κ1) is 9.59. The number of rotatable bonds is 4. The molecule has 0 aliphatic heterocycles. The summed E-state index contributed by atoms with van der Waals surface area (Å²) in [6.07, 6.45) is 1.73. The Morgan fingerprint density at radius 3 is 2.46 bits per heavy atom. The molecule has 13 heavy (non-hydrogen) atoms. The van der Waals surface area contributed by atoms with Crippen molar-refractivity contribution in [3.63, 3.8) is 0 Å². The molecule has 1 nitrogen and oxygen atoms in total. The van der Waals surface area contributed by atoms with Gasteiger partial charge in [0.2, 0.25) is 0 Å². The molecule has 0 bridgehead atoms. The van der Waals surface area contributed by atoms with E-state index < -0.39 is 0 Å². The van der Waals surface area contributed by atoms with Gasteiger partial charge in [0.25, 0.3) is 0 Å². The van der Waals surface area contributed by atoms with Gasteiger partial charge in [-0.15, -0.1) is 0 Å². The molecule has 0 aromatic heterocycles. The van der Waals surface area contributed by atoms with Crippen molar-refractivity contribution >= 4 is 5.57 Å². The minimum Gasteiger partial charge on any atom is -0.490 e. The van der Waals surface area contributed by atoms with E-state index in [0.717, 1.165) is 16.9 Å². The van der Waals surface area contributed by atoms with Gasteiger partial charge in [0.15, 0.2) is 0 Å². The maximum Gasteiger partial charge on any atom is 0.119 e. The first-order valence-corrected chi connectivity index (χ1v) is 4.23. The van der Waals surface area contributed by atoms with Crippen LogP contribution >= 0.6 is 0 Å². The molecule has 0 aliphatic rings. The minimum absolute atomic E-state index is 0.548. The van der Waals surface area contributed by atoms with Crippen LogP contribution in [0.5, 0.6) is 5.75 Å². The third kappa shape index (κ3) is 2.79. The van der Waals surface area contributed by atoms with Crippen LogP contribution in [0.1, 0.15) is 12.5 Å². The molecule has 0 heterocycles. The third-order valence-electron chi connectivity index (χ3n) is 1.71. The van der Waals surface area contributed by atoms with Crippen LogP contribution in [0.15, 0.2) is 43.5 Å². The number of ether oxygens (including phenoxy) is 1. The normalized spacial score (nSPS) is 9.31. The SMILES string of the molecule is C=CCOc1ccc(C(=C)C)cc1. The molecular formula is C12H14O. The van der Waals surface area contributed by atoms with E-state index in [-0.39, 0.29) is 0 Å². The van der Waals surface area contributed by atoms with E-state index in [1.54, 1.807) is 6.08 Å². The second kappa shape index (κ2) is 4.51. The highest BCUT2D eigenvalue weighted by atomic mass is 16.5. The summed E-state index contributed by atoms with van der Waals surface area (Å²) < 4.78 is 5.34. The van der Waals surface area contributed by atoms with Crippen molar-refractivity contribution in [3.8, 4) is 5.75 Å². The summed E-state index contributed by atoms with van der Waals surface area (Å²) in [7, 11) is 0. The number of hydrogen-bond donors (Lipinski definition) is 0. The molecule has 0 N–H and O–H groups in total. The second-order valence-electron chi connectivity index (χ2n) is 2.90. The topological polar surface area (TPSA) is 9.23 Å². The molecule has 1 heteroatoms. The van der Waals surface area contributed by atoms with Gasteiger partial charge < -0.3 is 4.74 Å². The van der Waals surface area contributed by atoms with E-state index in [0.29, 0.717) is 6.61 Å². The van der Waals surface area contributed by atoms with Gasteiger partial charge in [-0.3, -0.25) is 0 Å². The van der Waals surface area contributed by atoms with E-state index in [1.165, 1.54) is 0 Å². The summed E-state index contributed by atoms with van der Waals surface area (Å²) in [5, 5.41) is 0. The predicted molar refractivity (Wildman–Crippen MR) is 56.8 cm³/mol. The first-order chi connectivity index (χ1) is 6.24. The third-order valence-corrected chi connectivity index (χ3v) is 1.71. The standard InChI is InChI=1S/C12H14O/c1-4-9-13-12-7-5-11(6-8-12)10(2)3/h4-8H,1-2,9H2,3H3. The Hall–Kier alpha value is -1.50. The van der Waals surface area contributed by atoms with Crippen LogP contribution < -0.4 is 4.74 Å². The second-order valence-corrected chi connectivity index (χ2v) is 2.90. The lowest BCUT2D eigenvalue weighted by molar-refractivity contribution is 0.363. The maximum absolute atomic E-state index is 5.34. The largest absolute Gasteiger partial charge is 0.490 e. The Balaban J connectivity index is 2.69. The van der Waals surface area contributed by atoms with Crippen molar-refractivity contribution in [1.82, 2.24) is 0 Å². The van der Waals surface area contributed by atoms with E-state index in [2.05, 4.69) is 13.2 Å². The number of hydrogen-bond acceptors (Lipinski definition) is 1. The van der Waals surface area contributed by atoms with Crippen molar-refractivity contribution in [2.24, 2.45) is 0 Å². The van der Waals surface area contributed by atoms with Crippen LogP contribution in [-0.4, -0.2) is 6.61 Å². The Kier molecular flexibility index (Phi) is 3.32. The highest BCUT2D eigenvalue weighted by Crippen LogP contribution is 2.16. The van der Waals surface area contributed by atoms with Gasteiger partial charge in [-0.2, -0.15) is 0 Å². The Labute approximate surface area is 79.4 Å². The van der Waals surface area contributed by atoms with Gasteiger partial charge in [0, 0.05) is 0 Å². The zero-order chi connectivity index (χ0) is 9.68. The Morgan fingerprint density at radius 2 is 2.00 bits per heavy atom. The number of allylic oxidation sites excluding steroid dienone is 1. The Morgan fingerprint density at radius 1 is 1.38 bits per heavy atom. The fourth-order valence-electron chi connectivity index (χ4n) is 0.991. The van der Waals surface area contributed by atoms with Gasteiger partial charge >= 0.3 is 0 Å². The van der Waals surface area contributed by atoms with Gasteiger partial charge in [0.1, 0.15) is 12.4 Å². The zero-order valence-corrected chi connectivity index (χ0v) is 7.92. The van der Waals surface area contributed by atoms with Crippen LogP contribution in [0.4, 0.5) is 0 Å². The van der Waals surface area contributed by atoms with Crippen molar-refractivity contribution in [1.29, 1.82) is 0 Å². The quantitative estimate of drug-likeness (QED) is 0.636. The van der Waals surface area contributed by atoms with Crippen molar-refractivity contribution in [2.45, 2.75) is 6.92 Å². The fraction of sp³-hybridized carbons (Fsp3) is 0.167. The van der Waals surface area contributed by atoms with E-state index in [1.807, 2.05) is 31.2 Å². The molecular weight excluding hydrogens is 160 g/mol. The molecule has 0 amide bonds. The predicted octanol–water partition coefficient (Wildman–Crippen LogP) is 3.28. The lowest BCUT2D eigenvalue weighted by atomic mass is 10.1. The lowest BCUT2D eigenvalue weighted by Crippen LogP contribution is -1.92. The van der Waals surface area contributed by atoms with Crippen LogP contribution in [-0.2, 0) is 0 Å². The maximum atomic E-state index is 5.34. The molecule has 0 atom stereocenters. The number of benzene rings is 1. The van der Waals surface area contributed by atoms with E-state index in [4.69, 9.17) is 4.74 Å². The zero-order valence-electron chi connectivity index (χ0n) is 7.92. The minimum atomic E-state index is 0.548. The molecule has 1 aromatic carbocycles. The summed E-state index contributed by atoms with van der Waals surface area (Å²) in [5.74, 6) is 0.866. The van der Waals surface area contributed by atoms with Gasteiger partial charge in [0.05, 0.1) is 0 Å². The molecule has 0 spiro atoms. The molecule has 0 fully saturated rings. The molecule has 0 unspecified atom stereocenters. The lowest BCUT2D eigenvalue weighted by Gasteiger charge is -2.04. The Bertz CT molecular complexity index is 295. The molecule has 0 saturated carbocycles. The van der Waals surface area contributed by atoms with Crippen molar-refractivity contribution < 1.29 is 4.74 Å². The van der Waals surface area contributed by atoms with E-state index in [9.17, 15) is 0 Å². The molecule has 68 valence electrons. The monoisotopic (exact) mass is 174 g/mol. The van der Waals surface area contributed by atoms with Gasteiger partial charge in [-0.05, 0) is 24.6 Å². The smallest absolute Gasteiger partial charge is 0.119 e. The molecule has 0 radical (unpaired) electrons. The van der Waals surface area contributed by atoms with Crippen LogP contribution in [0.3, 0.4) is 0 Å². The van der Waals surface area contributed by atoms with Gasteiger partial charge in [-0.1, -0.05) is 36.9 Å². The van der Waals surface area contributed by atoms with Crippen LogP contribution in [0.25, 0.3) is 5.57 Å². The first-order valence-electron chi connectivity index (χ1n) is 4.23. The molecule has 0 aliphatic carbocycles. The van der Waals surface area contributed by atoms with E-state index >= 15 is 0 Å². The molecule has 1 aromatic rings. The molecule has 1 rings (SSSR count). The summed E-state index contributed by atoms with van der Waals surface area (Å²) in [4.78, 5) is 0. The summed E-state index contributed by atoms with van der Waals surface area (Å²) in [6.45, 7) is 9.98. The van der Waals surface area contributed by atoms with Crippen molar-refractivity contribution in [2.75, 3.05) is 6.61 Å². The highest BCUT2D eigenvalue weighted by Gasteiger charge is 1.94. The highest BCUT2D eigenvalue weighted by molar-refractivity contribution is 5.61. The van der Waals surface area contributed by atoms with Crippen LogP contribution in [0, 0.1) is 0 Å². The van der Waals surface area contributed by atoms with Crippen molar-refractivity contribution in [3.05, 3.63) is 49.1 Å². The molecule has 0 saturated heterocycles.